The Balaban J connectivity index is 1.47. The highest BCUT2D eigenvalue weighted by molar-refractivity contribution is 6.05. The second kappa shape index (κ2) is 9.23. The molecule has 0 saturated carbocycles. The lowest BCUT2D eigenvalue weighted by molar-refractivity contribution is -0.136. The molecule has 1 aromatic heterocycles. The van der Waals surface area contributed by atoms with Gasteiger partial charge in [-0.3, -0.25) is 19.7 Å². The highest BCUT2D eigenvalue weighted by Gasteiger charge is 2.39. The van der Waals surface area contributed by atoms with Crippen LogP contribution in [0.1, 0.15) is 35.2 Å². The van der Waals surface area contributed by atoms with E-state index in [-0.39, 0.29) is 18.2 Å². The summed E-state index contributed by atoms with van der Waals surface area (Å²) in [5, 5.41) is 5.54. The van der Waals surface area contributed by atoms with Gasteiger partial charge in [-0.05, 0) is 44.1 Å². The van der Waals surface area contributed by atoms with Crippen LogP contribution < -0.4 is 10.6 Å². The summed E-state index contributed by atoms with van der Waals surface area (Å²) in [6, 6.07) is 15.3. The minimum absolute atomic E-state index is 0.170. The topological polar surface area (TPSA) is 96.3 Å². The zero-order chi connectivity index (χ0) is 23.7. The van der Waals surface area contributed by atoms with E-state index in [4.69, 9.17) is 4.98 Å². The van der Waals surface area contributed by atoms with Crippen LogP contribution in [-0.4, -0.2) is 51.8 Å². The van der Waals surface area contributed by atoms with Crippen molar-refractivity contribution in [1.29, 1.82) is 0 Å². The zero-order valence-corrected chi connectivity index (χ0v) is 19.1. The summed E-state index contributed by atoms with van der Waals surface area (Å²) in [6.45, 7) is 2.10. The van der Waals surface area contributed by atoms with Gasteiger partial charge in [0.05, 0.1) is 17.7 Å². The predicted octanol–water partition coefficient (Wildman–Crippen LogP) is 2.59. The summed E-state index contributed by atoms with van der Waals surface area (Å²) in [7, 11) is 1.95. The third-order valence-electron chi connectivity index (χ3n) is 6.51. The first-order valence-electron chi connectivity index (χ1n) is 11.6. The maximum absolute atomic E-state index is 13.0. The average Bonchev–Trinajstić information content (AvgIpc) is 3.41. The number of carbonyl (C=O) groups excluding carboxylic acids is 3. The van der Waals surface area contributed by atoms with E-state index in [9.17, 15) is 14.4 Å². The normalized spacial score (nSPS) is 17.7. The van der Waals surface area contributed by atoms with E-state index in [1.165, 1.54) is 0 Å². The van der Waals surface area contributed by atoms with E-state index in [0.29, 0.717) is 18.5 Å². The third kappa shape index (κ3) is 4.01. The highest BCUT2D eigenvalue weighted by atomic mass is 16.2. The molecule has 1 fully saturated rings. The van der Waals surface area contributed by atoms with Crippen LogP contribution in [0.25, 0.3) is 22.5 Å². The smallest absolute Gasteiger partial charge is 0.255 e. The molecule has 1 saturated heterocycles. The quantitative estimate of drug-likeness (QED) is 0.420. The predicted molar refractivity (Wildman–Crippen MR) is 128 cm³/mol. The minimum Gasteiger partial charge on any atom is -0.330 e. The van der Waals surface area contributed by atoms with Crippen LogP contribution in [0.4, 0.5) is 0 Å². The molecular weight excluding hydrogens is 430 g/mol. The van der Waals surface area contributed by atoms with Gasteiger partial charge in [0.1, 0.15) is 6.04 Å². The second-order valence-electron chi connectivity index (χ2n) is 8.73. The Bertz CT molecular complexity index is 1250. The van der Waals surface area contributed by atoms with Gasteiger partial charge < -0.3 is 14.8 Å². The number of carbonyl (C=O) groups is 3. The summed E-state index contributed by atoms with van der Waals surface area (Å²) in [5.41, 5.74) is 5.40. The summed E-state index contributed by atoms with van der Waals surface area (Å²) < 4.78 is 2.18. The van der Waals surface area contributed by atoms with Crippen LogP contribution in [0, 0.1) is 0 Å². The number of aryl methyl sites for hydroxylation is 1. The summed E-state index contributed by atoms with van der Waals surface area (Å²) >= 11 is 0. The summed E-state index contributed by atoms with van der Waals surface area (Å²) in [4.78, 5) is 43.2. The molecule has 2 N–H and O–H groups in total. The van der Waals surface area contributed by atoms with Gasteiger partial charge in [-0.15, -0.1) is 0 Å². The van der Waals surface area contributed by atoms with Crippen molar-refractivity contribution in [3.8, 4) is 22.5 Å². The molecule has 3 amide bonds. The molecular formula is C26H27N5O3. The number of fused-ring (bicyclic) bond motifs is 1. The van der Waals surface area contributed by atoms with Crippen molar-refractivity contribution >= 4 is 17.7 Å². The molecule has 5 rings (SSSR count). The largest absolute Gasteiger partial charge is 0.330 e. The number of benzene rings is 2. The van der Waals surface area contributed by atoms with Crippen molar-refractivity contribution in [3.63, 3.8) is 0 Å². The van der Waals surface area contributed by atoms with Gasteiger partial charge in [-0.2, -0.15) is 0 Å². The number of hydrogen-bond acceptors (Lipinski definition) is 5. The fourth-order valence-electron chi connectivity index (χ4n) is 4.81. The van der Waals surface area contributed by atoms with Crippen molar-refractivity contribution in [2.24, 2.45) is 0 Å². The fourth-order valence-corrected chi connectivity index (χ4v) is 4.81. The lowest BCUT2D eigenvalue weighted by Gasteiger charge is -2.29. The molecule has 174 valence electrons. The van der Waals surface area contributed by atoms with Gasteiger partial charge in [-0.25, -0.2) is 4.98 Å². The molecule has 3 heterocycles. The number of imidazole rings is 1. The van der Waals surface area contributed by atoms with E-state index in [1.807, 2.05) is 49.8 Å². The van der Waals surface area contributed by atoms with Crippen LogP contribution in [0.2, 0.25) is 0 Å². The fraction of sp³-hybridized carbons (Fsp3) is 0.308. The average molecular weight is 458 g/mol. The summed E-state index contributed by atoms with van der Waals surface area (Å²) in [5.74, 6) is -0.854. The molecule has 8 heteroatoms. The first-order valence-corrected chi connectivity index (χ1v) is 11.6. The van der Waals surface area contributed by atoms with Crippen LogP contribution >= 0.6 is 0 Å². The monoisotopic (exact) mass is 457 g/mol. The van der Waals surface area contributed by atoms with Crippen molar-refractivity contribution in [3.05, 3.63) is 66.0 Å². The SMILES string of the molecule is CNCCCn1cnc(-c2ccc3c(c2)CN(C2CCC(=O)NC2=O)C3=O)c1-c1ccccc1. The number of amides is 3. The molecule has 2 aliphatic heterocycles. The van der Waals surface area contributed by atoms with E-state index >= 15 is 0 Å². The number of nitrogens with zero attached hydrogens (tertiary/aromatic N) is 3. The van der Waals surface area contributed by atoms with E-state index in [2.05, 4.69) is 27.3 Å². The maximum atomic E-state index is 13.0. The molecule has 1 unspecified atom stereocenters. The third-order valence-corrected chi connectivity index (χ3v) is 6.51. The van der Waals surface area contributed by atoms with E-state index in [1.54, 1.807) is 4.90 Å². The van der Waals surface area contributed by atoms with E-state index in [0.717, 1.165) is 47.6 Å². The molecule has 0 bridgehead atoms. The Labute approximate surface area is 198 Å². The van der Waals surface area contributed by atoms with E-state index < -0.39 is 11.9 Å². The highest BCUT2D eigenvalue weighted by Crippen LogP contribution is 2.35. The molecule has 2 aliphatic rings. The van der Waals surface area contributed by atoms with Gasteiger partial charge >= 0.3 is 0 Å². The van der Waals surface area contributed by atoms with Gasteiger partial charge in [0, 0.05) is 36.2 Å². The second-order valence-corrected chi connectivity index (χ2v) is 8.73. The number of nitrogens with one attached hydrogen (secondary N) is 2. The molecule has 34 heavy (non-hydrogen) atoms. The maximum Gasteiger partial charge on any atom is 0.255 e. The molecule has 1 atom stereocenters. The standard InChI is InChI=1S/C26H27N5O3/c1-27-12-5-13-30-16-28-23(24(30)17-6-3-2-4-7-17)18-8-9-20-19(14-18)15-31(26(20)34)21-10-11-22(32)29-25(21)33/h2-4,6-9,14,16,21,27H,5,10-13,15H2,1H3,(H,29,32,33). The van der Waals surface area contributed by atoms with Crippen molar-refractivity contribution in [2.45, 2.75) is 38.4 Å². The number of imide groups is 1. The first kappa shape index (κ1) is 22.0. The number of aromatic nitrogens is 2. The lowest BCUT2D eigenvalue weighted by Crippen LogP contribution is -2.52. The van der Waals surface area contributed by atoms with Gasteiger partial charge in [0.25, 0.3) is 5.91 Å². The molecule has 8 nitrogen and oxygen atoms in total. The Hall–Kier alpha value is -3.78. The number of hydrogen-bond donors (Lipinski definition) is 2. The Morgan fingerprint density at radius 2 is 1.91 bits per heavy atom. The summed E-state index contributed by atoms with van der Waals surface area (Å²) in [6.07, 6.45) is 3.45. The van der Waals surface area contributed by atoms with Crippen LogP contribution in [0.15, 0.2) is 54.9 Å². The van der Waals surface area contributed by atoms with Gasteiger partial charge in [0.2, 0.25) is 11.8 Å². The molecule has 2 aromatic carbocycles. The Morgan fingerprint density at radius 1 is 1.09 bits per heavy atom. The first-order chi connectivity index (χ1) is 16.6. The Kier molecular flexibility index (Phi) is 5.98. The van der Waals surface area contributed by atoms with Gasteiger partial charge in [-0.1, -0.05) is 36.4 Å². The van der Waals surface area contributed by atoms with Crippen molar-refractivity contribution in [1.82, 2.24) is 25.1 Å². The minimum atomic E-state index is -0.618. The van der Waals surface area contributed by atoms with Crippen LogP contribution in [0.3, 0.4) is 0 Å². The van der Waals surface area contributed by atoms with Crippen molar-refractivity contribution < 1.29 is 14.4 Å². The zero-order valence-electron chi connectivity index (χ0n) is 19.1. The van der Waals surface area contributed by atoms with Gasteiger partial charge in [0.15, 0.2) is 0 Å². The number of piperidine rings is 1. The van der Waals surface area contributed by atoms with Crippen LogP contribution in [0.5, 0.6) is 0 Å². The van der Waals surface area contributed by atoms with Crippen LogP contribution in [-0.2, 0) is 22.7 Å². The number of rotatable bonds is 7. The molecule has 0 radical (unpaired) electrons. The molecule has 3 aromatic rings. The van der Waals surface area contributed by atoms with Crippen molar-refractivity contribution in [2.75, 3.05) is 13.6 Å². The molecule has 0 spiro atoms. The molecule has 0 aliphatic carbocycles. The lowest BCUT2D eigenvalue weighted by atomic mass is 10.0. The Morgan fingerprint density at radius 3 is 2.68 bits per heavy atom.